The second-order valence-electron chi connectivity index (χ2n) is 8.81. The number of sulfone groups is 1. The van der Waals surface area contributed by atoms with Gasteiger partial charge in [-0.1, -0.05) is 11.6 Å². The van der Waals surface area contributed by atoms with Crippen molar-refractivity contribution in [2.75, 3.05) is 11.5 Å². The van der Waals surface area contributed by atoms with Gasteiger partial charge < -0.3 is 9.73 Å². The van der Waals surface area contributed by atoms with Crippen LogP contribution in [0.1, 0.15) is 50.3 Å². The minimum absolute atomic E-state index is 0.0291. The first-order valence-corrected chi connectivity index (χ1v) is 12.1. The summed E-state index contributed by atoms with van der Waals surface area (Å²) in [7, 11) is -2.93. The van der Waals surface area contributed by atoms with E-state index in [9.17, 15) is 13.2 Å². The lowest BCUT2D eigenvalue weighted by Crippen LogP contribution is -2.56. The molecule has 2 aromatic rings. The maximum absolute atomic E-state index is 12.4. The molecule has 8 heteroatoms. The van der Waals surface area contributed by atoms with Crippen LogP contribution in [0.4, 0.5) is 0 Å². The quantitative estimate of drug-likeness (QED) is 0.818. The number of nitrogens with one attached hydrogen (secondary N) is 1. The Hall–Kier alpha value is -1.60. The van der Waals surface area contributed by atoms with Crippen LogP contribution >= 0.6 is 11.6 Å². The van der Waals surface area contributed by atoms with Gasteiger partial charge in [-0.3, -0.25) is 4.79 Å². The fourth-order valence-corrected chi connectivity index (χ4v) is 6.80. The highest BCUT2D eigenvalue weighted by molar-refractivity contribution is 7.91. The molecule has 3 fully saturated rings. The molecule has 0 radical (unpaired) electrons. The highest BCUT2D eigenvalue weighted by atomic mass is 35.5. The van der Waals surface area contributed by atoms with Crippen LogP contribution in [-0.2, 0) is 14.6 Å². The van der Waals surface area contributed by atoms with Crippen LogP contribution < -0.4 is 5.32 Å². The third-order valence-corrected chi connectivity index (χ3v) is 8.66. The van der Waals surface area contributed by atoms with Crippen LogP contribution in [0.3, 0.4) is 0 Å². The molecule has 1 spiro atoms. The first-order valence-electron chi connectivity index (χ1n) is 9.88. The van der Waals surface area contributed by atoms with Crippen LogP contribution in [0, 0.1) is 11.3 Å². The Morgan fingerprint density at radius 1 is 1.18 bits per heavy atom. The number of fused-ring (bicyclic) bond motifs is 1. The topological polar surface area (TPSA) is 89.3 Å². The second kappa shape index (κ2) is 6.46. The highest BCUT2D eigenvalue weighted by Gasteiger charge is 2.54. The lowest BCUT2D eigenvalue weighted by atomic mass is 9.50. The van der Waals surface area contributed by atoms with Crippen molar-refractivity contribution in [2.45, 2.75) is 50.5 Å². The number of amides is 1. The lowest BCUT2D eigenvalue weighted by Gasteiger charge is -2.57. The van der Waals surface area contributed by atoms with Gasteiger partial charge in [-0.05, 0) is 62.1 Å². The third-order valence-electron chi connectivity index (χ3n) is 6.70. The summed E-state index contributed by atoms with van der Waals surface area (Å²) in [5, 5.41) is 3.79. The zero-order valence-corrected chi connectivity index (χ0v) is 17.1. The molecular formula is C20H23ClN2O4S. The fourth-order valence-electron chi connectivity index (χ4n) is 5.15. The van der Waals surface area contributed by atoms with Gasteiger partial charge in [0.2, 0.25) is 5.91 Å². The molecule has 0 bridgehead atoms. The minimum Gasteiger partial charge on any atom is -0.440 e. The Kier molecular flexibility index (Phi) is 4.25. The Morgan fingerprint density at radius 3 is 2.61 bits per heavy atom. The van der Waals surface area contributed by atoms with E-state index in [0.29, 0.717) is 29.2 Å². The van der Waals surface area contributed by atoms with Crippen molar-refractivity contribution < 1.29 is 17.6 Å². The summed E-state index contributed by atoms with van der Waals surface area (Å²) < 4.78 is 28.9. The van der Waals surface area contributed by atoms with Gasteiger partial charge in [0.1, 0.15) is 15.4 Å². The van der Waals surface area contributed by atoms with Crippen LogP contribution in [0.15, 0.2) is 22.6 Å². The maximum atomic E-state index is 12.4. The van der Waals surface area contributed by atoms with Crippen LogP contribution in [0.25, 0.3) is 11.1 Å². The van der Waals surface area contributed by atoms with Crippen molar-refractivity contribution in [1.82, 2.24) is 10.3 Å². The Balaban J connectivity index is 1.12. The molecule has 5 rings (SSSR count). The van der Waals surface area contributed by atoms with Crippen molar-refractivity contribution in [2.24, 2.45) is 11.3 Å². The largest absolute Gasteiger partial charge is 0.440 e. The SMILES string of the molecule is O=C(NC1CC2(C1)CC(c1nc3cc(Cl)ccc3o1)C2)C1CCS(=O)(=O)CC1. The highest BCUT2D eigenvalue weighted by Crippen LogP contribution is 2.61. The summed E-state index contributed by atoms with van der Waals surface area (Å²) in [6, 6.07) is 5.70. The fraction of sp³-hybridized carbons (Fsp3) is 0.600. The predicted octanol–water partition coefficient (Wildman–Crippen LogP) is 3.45. The molecule has 1 aliphatic heterocycles. The number of nitrogens with zero attached hydrogens (tertiary/aromatic N) is 1. The molecule has 2 heterocycles. The van der Waals surface area contributed by atoms with Crippen LogP contribution in [0.5, 0.6) is 0 Å². The van der Waals surface area contributed by atoms with Crippen molar-refractivity contribution in [3.63, 3.8) is 0 Å². The van der Waals surface area contributed by atoms with Crippen molar-refractivity contribution in [1.29, 1.82) is 0 Å². The molecule has 0 unspecified atom stereocenters. The lowest BCUT2D eigenvalue weighted by molar-refractivity contribution is -0.129. The third kappa shape index (κ3) is 3.32. The molecule has 1 saturated heterocycles. The zero-order chi connectivity index (χ0) is 19.5. The number of rotatable bonds is 3. The summed E-state index contributed by atoms with van der Waals surface area (Å²) in [4.78, 5) is 17.0. The number of oxazole rings is 1. The van der Waals surface area contributed by atoms with E-state index in [1.165, 1.54) is 0 Å². The van der Waals surface area contributed by atoms with E-state index >= 15 is 0 Å². The summed E-state index contributed by atoms with van der Waals surface area (Å²) in [5.74, 6) is 1.28. The van der Waals surface area contributed by atoms with Crippen molar-refractivity contribution >= 4 is 38.4 Å². The molecule has 2 aliphatic carbocycles. The van der Waals surface area contributed by atoms with Crippen LogP contribution in [0.2, 0.25) is 5.02 Å². The Labute approximate surface area is 168 Å². The maximum Gasteiger partial charge on any atom is 0.223 e. The van der Waals surface area contributed by atoms with Gasteiger partial charge in [-0.25, -0.2) is 13.4 Å². The molecule has 1 aromatic heterocycles. The molecule has 28 heavy (non-hydrogen) atoms. The van der Waals surface area contributed by atoms with Gasteiger partial charge in [0.05, 0.1) is 11.5 Å². The van der Waals surface area contributed by atoms with Gasteiger partial charge in [-0.15, -0.1) is 0 Å². The van der Waals surface area contributed by atoms with Gasteiger partial charge >= 0.3 is 0 Å². The van der Waals surface area contributed by atoms with Crippen LogP contribution in [-0.4, -0.2) is 36.9 Å². The van der Waals surface area contributed by atoms with Gasteiger partial charge in [0.25, 0.3) is 0 Å². The Bertz CT molecular complexity index is 1020. The molecule has 3 aliphatic rings. The number of hydrogen-bond donors (Lipinski definition) is 1. The summed E-state index contributed by atoms with van der Waals surface area (Å²) in [6.07, 6.45) is 4.98. The molecule has 1 N–H and O–H groups in total. The monoisotopic (exact) mass is 422 g/mol. The summed E-state index contributed by atoms with van der Waals surface area (Å²) in [5.41, 5.74) is 1.88. The van der Waals surface area contributed by atoms with E-state index < -0.39 is 9.84 Å². The molecule has 1 aromatic carbocycles. The molecule has 150 valence electrons. The summed E-state index contributed by atoms with van der Waals surface area (Å²) in [6.45, 7) is 0. The minimum atomic E-state index is -2.93. The van der Waals surface area contributed by atoms with Gasteiger partial charge in [0.15, 0.2) is 11.5 Å². The number of carbonyl (C=O) groups is 1. The number of aromatic nitrogens is 1. The summed E-state index contributed by atoms with van der Waals surface area (Å²) >= 11 is 6.01. The molecule has 0 atom stereocenters. The van der Waals surface area contributed by atoms with E-state index in [1.807, 2.05) is 18.2 Å². The zero-order valence-electron chi connectivity index (χ0n) is 15.5. The predicted molar refractivity (Wildman–Crippen MR) is 106 cm³/mol. The first kappa shape index (κ1) is 18.4. The average Bonchev–Trinajstić information content (AvgIpc) is 2.97. The molecule has 2 saturated carbocycles. The average molecular weight is 423 g/mol. The van der Waals surface area contributed by atoms with Gasteiger partial charge in [0, 0.05) is 22.9 Å². The van der Waals surface area contributed by atoms with E-state index in [2.05, 4.69) is 10.3 Å². The normalized spacial score (nSPS) is 32.0. The second-order valence-corrected chi connectivity index (χ2v) is 11.5. The first-order chi connectivity index (χ1) is 13.3. The molecule has 6 nitrogen and oxygen atoms in total. The van der Waals surface area contributed by atoms with E-state index in [4.69, 9.17) is 16.0 Å². The number of hydrogen-bond acceptors (Lipinski definition) is 5. The standard InChI is InChI=1S/C20H23ClN2O4S/c21-14-1-2-17-16(7-14)23-19(27-17)13-8-20(9-13)10-15(11-20)22-18(24)12-3-5-28(25,26)6-4-12/h1-2,7,12-13,15H,3-6,8-11H2,(H,22,24). The van der Waals surface area contributed by atoms with E-state index in [0.717, 1.165) is 42.7 Å². The molecule has 1 amide bonds. The number of benzene rings is 1. The molecular weight excluding hydrogens is 400 g/mol. The number of halogens is 1. The van der Waals surface area contributed by atoms with Crippen molar-refractivity contribution in [3.05, 3.63) is 29.1 Å². The smallest absolute Gasteiger partial charge is 0.223 e. The van der Waals surface area contributed by atoms with Crippen molar-refractivity contribution in [3.8, 4) is 0 Å². The van der Waals surface area contributed by atoms with E-state index in [1.54, 1.807) is 0 Å². The van der Waals surface area contributed by atoms with Gasteiger partial charge in [-0.2, -0.15) is 0 Å². The van der Waals surface area contributed by atoms with E-state index in [-0.39, 0.29) is 29.4 Å². The Morgan fingerprint density at radius 2 is 1.89 bits per heavy atom. The number of carbonyl (C=O) groups excluding carboxylic acids is 1.